The molecule has 0 fully saturated rings. The summed E-state index contributed by atoms with van der Waals surface area (Å²) in [4.78, 5) is 71.8. The van der Waals surface area contributed by atoms with Gasteiger partial charge in [-0.3, -0.25) is 29.8 Å². The first-order valence-corrected chi connectivity index (χ1v) is 14.9. The molecule has 44 heavy (non-hydrogen) atoms. The van der Waals surface area contributed by atoms with Crippen LogP contribution < -0.4 is 10.6 Å². The van der Waals surface area contributed by atoms with Crippen molar-refractivity contribution < 1.29 is 38.2 Å². The van der Waals surface area contributed by atoms with Crippen molar-refractivity contribution in [1.29, 1.82) is 0 Å². The maximum Gasteiger partial charge on any atom is 0.338 e. The van der Waals surface area contributed by atoms with Crippen LogP contribution in [0.25, 0.3) is 11.1 Å². The minimum Gasteiger partial charge on any atom is -0.462 e. The Morgan fingerprint density at radius 3 is 1.11 bits per heavy atom. The molecule has 2 aromatic carbocycles. The van der Waals surface area contributed by atoms with Gasteiger partial charge in [0, 0.05) is 11.1 Å². The summed E-state index contributed by atoms with van der Waals surface area (Å²) in [5.74, 6) is -2.52. The van der Waals surface area contributed by atoms with Gasteiger partial charge < -0.3 is 9.47 Å². The van der Waals surface area contributed by atoms with E-state index in [9.17, 15) is 28.8 Å². The highest BCUT2D eigenvalue weighted by Crippen LogP contribution is 2.25. The monoisotopic (exact) mass is 600 g/mol. The first kappa shape index (κ1) is 32.1. The SMILES string of the molecule is CC1=C(c2ccc(C(=O)OCCCCCCCCCCOC(=O)c3ccc(C4=C(C)C(=O)NC4=O)cc3)cc2)C(=O)NC1=O. The number of amides is 4. The maximum atomic E-state index is 12.3. The Kier molecular flexibility index (Phi) is 11.0. The standard InChI is InChI=1S/C34H36N2O8/c1-21-27(31(39)35-29(21)37)23-11-15-25(16-12-23)33(41)43-19-9-7-5-3-4-6-8-10-20-44-34(42)26-17-13-24(14-18-26)28-22(2)30(38)36-32(28)40/h11-18H,3-10,19-20H2,1-2H3,(H,35,37,39)(H,36,38,40). The fourth-order valence-electron chi connectivity index (χ4n) is 5.09. The number of ether oxygens (including phenoxy) is 2. The van der Waals surface area contributed by atoms with E-state index < -0.39 is 35.6 Å². The lowest BCUT2D eigenvalue weighted by molar-refractivity contribution is -0.125. The van der Waals surface area contributed by atoms with Crippen LogP contribution in [-0.4, -0.2) is 48.8 Å². The van der Waals surface area contributed by atoms with Crippen molar-refractivity contribution in [3.8, 4) is 0 Å². The van der Waals surface area contributed by atoms with Crippen molar-refractivity contribution >= 4 is 46.7 Å². The summed E-state index contributed by atoms with van der Waals surface area (Å²) < 4.78 is 10.7. The third kappa shape index (κ3) is 7.94. The van der Waals surface area contributed by atoms with Crippen LogP contribution in [0.3, 0.4) is 0 Å². The van der Waals surface area contributed by atoms with Gasteiger partial charge in [-0.2, -0.15) is 0 Å². The molecule has 0 spiro atoms. The summed E-state index contributed by atoms with van der Waals surface area (Å²) in [6.07, 6.45) is 7.69. The summed E-state index contributed by atoms with van der Waals surface area (Å²) in [6, 6.07) is 12.9. The van der Waals surface area contributed by atoms with Gasteiger partial charge in [-0.25, -0.2) is 9.59 Å². The highest BCUT2D eigenvalue weighted by atomic mass is 16.5. The molecular formula is C34H36N2O8. The zero-order valence-corrected chi connectivity index (χ0v) is 25.0. The number of rotatable bonds is 15. The van der Waals surface area contributed by atoms with Gasteiger partial charge in [-0.1, -0.05) is 62.8 Å². The van der Waals surface area contributed by atoms with E-state index in [4.69, 9.17) is 9.47 Å². The van der Waals surface area contributed by atoms with Crippen LogP contribution in [0.1, 0.15) is 97.1 Å². The highest BCUT2D eigenvalue weighted by molar-refractivity contribution is 6.36. The van der Waals surface area contributed by atoms with Gasteiger partial charge in [0.15, 0.2) is 0 Å². The zero-order valence-electron chi connectivity index (χ0n) is 25.0. The van der Waals surface area contributed by atoms with Crippen molar-refractivity contribution in [2.75, 3.05) is 13.2 Å². The van der Waals surface area contributed by atoms with E-state index in [0.717, 1.165) is 51.4 Å². The second kappa shape index (κ2) is 15.0. The smallest absolute Gasteiger partial charge is 0.338 e. The number of unbranched alkanes of at least 4 members (excludes halogenated alkanes) is 7. The Hall–Kier alpha value is -4.86. The van der Waals surface area contributed by atoms with Crippen molar-refractivity contribution in [2.24, 2.45) is 0 Å². The lowest BCUT2D eigenvalue weighted by atomic mass is 10.0. The normalized spacial score (nSPS) is 14.7. The molecule has 4 amide bonds. The molecule has 0 saturated carbocycles. The molecule has 10 nitrogen and oxygen atoms in total. The average molecular weight is 601 g/mol. The predicted molar refractivity (Wildman–Crippen MR) is 162 cm³/mol. The van der Waals surface area contributed by atoms with Crippen LogP contribution in [0.15, 0.2) is 59.7 Å². The van der Waals surface area contributed by atoms with Crippen molar-refractivity contribution in [1.82, 2.24) is 10.6 Å². The molecule has 230 valence electrons. The number of imide groups is 2. The van der Waals surface area contributed by atoms with Crippen molar-refractivity contribution in [3.63, 3.8) is 0 Å². The first-order valence-electron chi connectivity index (χ1n) is 14.9. The Morgan fingerprint density at radius 1 is 0.500 bits per heavy atom. The summed E-state index contributed by atoms with van der Waals surface area (Å²) in [6.45, 7) is 3.85. The summed E-state index contributed by atoms with van der Waals surface area (Å²) >= 11 is 0. The topological polar surface area (TPSA) is 145 Å². The highest BCUT2D eigenvalue weighted by Gasteiger charge is 2.29. The van der Waals surface area contributed by atoms with E-state index in [1.807, 2.05) is 0 Å². The largest absolute Gasteiger partial charge is 0.462 e. The molecule has 2 aliphatic heterocycles. The third-order valence-electron chi connectivity index (χ3n) is 7.66. The number of carbonyl (C=O) groups excluding carboxylic acids is 6. The van der Waals surface area contributed by atoms with Crippen molar-refractivity contribution in [2.45, 2.75) is 65.2 Å². The average Bonchev–Trinajstić information content (AvgIpc) is 3.43. The third-order valence-corrected chi connectivity index (χ3v) is 7.66. The lowest BCUT2D eigenvalue weighted by Crippen LogP contribution is -2.22. The summed E-state index contributed by atoms with van der Waals surface area (Å²) in [5.41, 5.74) is 3.31. The zero-order chi connectivity index (χ0) is 31.6. The van der Waals surface area contributed by atoms with E-state index in [1.165, 1.54) is 0 Å². The Bertz CT molecular complexity index is 1400. The number of hydrogen-bond acceptors (Lipinski definition) is 8. The quantitative estimate of drug-likeness (QED) is 0.170. The molecule has 2 aliphatic rings. The van der Waals surface area contributed by atoms with Gasteiger partial charge in [-0.05, 0) is 62.1 Å². The van der Waals surface area contributed by atoms with E-state index in [0.29, 0.717) is 57.8 Å². The summed E-state index contributed by atoms with van der Waals surface area (Å²) in [5, 5.41) is 4.52. The van der Waals surface area contributed by atoms with Crippen LogP contribution in [0.4, 0.5) is 0 Å². The van der Waals surface area contributed by atoms with Gasteiger partial charge in [0.1, 0.15) is 0 Å². The molecule has 2 aromatic rings. The van der Waals surface area contributed by atoms with Crippen LogP contribution in [0, 0.1) is 0 Å². The van der Waals surface area contributed by atoms with Gasteiger partial charge in [0.25, 0.3) is 23.6 Å². The minimum atomic E-state index is -0.434. The van der Waals surface area contributed by atoms with Crippen molar-refractivity contribution in [3.05, 3.63) is 81.9 Å². The molecule has 0 aromatic heterocycles. The van der Waals surface area contributed by atoms with E-state index in [-0.39, 0.29) is 0 Å². The molecule has 0 radical (unpaired) electrons. The molecular weight excluding hydrogens is 564 g/mol. The Balaban J connectivity index is 1.01. The molecule has 0 aliphatic carbocycles. The van der Waals surface area contributed by atoms with Gasteiger partial charge in [0.05, 0.1) is 35.5 Å². The molecule has 2 N–H and O–H groups in total. The number of carbonyl (C=O) groups is 6. The van der Waals surface area contributed by atoms with Crippen LogP contribution >= 0.6 is 0 Å². The number of hydrogen-bond donors (Lipinski definition) is 2. The van der Waals surface area contributed by atoms with Gasteiger partial charge in [-0.15, -0.1) is 0 Å². The second-order valence-electron chi connectivity index (χ2n) is 10.8. The molecule has 2 heterocycles. The minimum absolute atomic E-state index is 0.323. The number of benzene rings is 2. The fraction of sp³-hybridized carbons (Fsp3) is 0.353. The predicted octanol–water partition coefficient (Wildman–Crippen LogP) is 4.68. The molecule has 0 bridgehead atoms. The molecule has 4 rings (SSSR count). The van der Waals surface area contributed by atoms with Gasteiger partial charge in [0.2, 0.25) is 0 Å². The van der Waals surface area contributed by atoms with Crippen LogP contribution in [0.2, 0.25) is 0 Å². The van der Waals surface area contributed by atoms with Crippen LogP contribution in [-0.2, 0) is 28.7 Å². The van der Waals surface area contributed by atoms with Crippen LogP contribution in [0.5, 0.6) is 0 Å². The van der Waals surface area contributed by atoms with E-state index in [1.54, 1.807) is 62.4 Å². The maximum absolute atomic E-state index is 12.3. The van der Waals surface area contributed by atoms with Gasteiger partial charge >= 0.3 is 11.9 Å². The second-order valence-corrected chi connectivity index (χ2v) is 10.8. The first-order chi connectivity index (χ1) is 21.2. The molecule has 0 atom stereocenters. The lowest BCUT2D eigenvalue weighted by Gasteiger charge is -2.07. The fourth-order valence-corrected chi connectivity index (χ4v) is 5.09. The van der Waals surface area contributed by atoms with E-state index in [2.05, 4.69) is 10.6 Å². The molecule has 0 unspecified atom stereocenters. The number of nitrogens with one attached hydrogen (secondary N) is 2. The molecule has 0 saturated heterocycles. The van der Waals surface area contributed by atoms with E-state index >= 15 is 0 Å². The summed E-state index contributed by atoms with van der Waals surface area (Å²) in [7, 11) is 0. The molecule has 10 heteroatoms. The Morgan fingerprint density at radius 2 is 0.818 bits per heavy atom. The number of esters is 2. The Labute approximate surface area is 255 Å².